The first-order valence-electron chi connectivity index (χ1n) is 11.4. The average molecular weight is 510 g/mol. The number of ether oxygens (including phenoxy) is 4. The topological polar surface area (TPSA) is 158 Å². The normalized spacial score (nSPS) is 11.0. The minimum atomic E-state index is -0.678. The minimum Gasteiger partial charge on any atom is -0.461 e. The molecule has 0 aliphatic carbocycles. The molecule has 12 nitrogen and oxygen atoms in total. The van der Waals surface area contributed by atoms with Crippen LogP contribution in [-0.4, -0.2) is 63.4 Å². The van der Waals surface area contributed by atoms with Gasteiger partial charge in [0.05, 0.1) is 14.2 Å². The largest absolute Gasteiger partial charge is 0.461 e. The zero-order chi connectivity index (χ0) is 27.1. The number of methoxy groups -OCH3 is 2. The molecule has 12 heteroatoms. The standard InChI is InChI=1S/C24H35N3O9/c1-15-10-18(14-35-17(3)28)11-16(2)22(15)36-21(30)13-26-20(29)12-19(27-24(32)34-5)8-6-7-9-25-23(31)33-4/h10-11,19H,6-9,12-14H2,1-5H3,(H,25,31)(H,26,29)(H,27,32). The fourth-order valence-electron chi connectivity index (χ4n) is 3.32. The molecule has 1 aromatic carbocycles. The zero-order valence-electron chi connectivity index (χ0n) is 21.4. The molecular weight excluding hydrogens is 474 g/mol. The van der Waals surface area contributed by atoms with Crippen LogP contribution in [0.1, 0.15) is 49.3 Å². The van der Waals surface area contributed by atoms with Gasteiger partial charge in [0, 0.05) is 25.9 Å². The molecule has 0 radical (unpaired) electrons. The fraction of sp³-hybridized carbons (Fsp3) is 0.542. The van der Waals surface area contributed by atoms with Gasteiger partial charge in [-0.1, -0.05) is 0 Å². The monoisotopic (exact) mass is 509 g/mol. The lowest BCUT2D eigenvalue weighted by Crippen LogP contribution is -2.40. The van der Waals surface area contributed by atoms with Crippen molar-refractivity contribution in [2.24, 2.45) is 0 Å². The summed E-state index contributed by atoms with van der Waals surface area (Å²) in [5.74, 6) is -1.14. The van der Waals surface area contributed by atoms with E-state index in [2.05, 4.69) is 25.4 Å². The van der Waals surface area contributed by atoms with Gasteiger partial charge in [-0.05, 0) is 61.9 Å². The maximum absolute atomic E-state index is 12.4. The summed E-state index contributed by atoms with van der Waals surface area (Å²) in [5.41, 5.74) is 2.13. The van der Waals surface area contributed by atoms with Gasteiger partial charge < -0.3 is 34.9 Å². The minimum absolute atomic E-state index is 0.0737. The second-order valence-electron chi connectivity index (χ2n) is 8.04. The molecule has 1 rings (SSSR count). The Bertz CT molecular complexity index is 910. The van der Waals surface area contributed by atoms with E-state index in [1.54, 1.807) is 26.0 Å². The summed E-state index contributed by atoms with van der Waals surface area (Å²) < 4.78 is 19.5. The van der Waals surface area contributed by atoms with E-state index in [1.165, 1.54) is 21.1 Å². The van der Waals surface area contributed by atoms with Gasteiger partial charge in [-0.15, -0.1) is 0 Å². The summed E-state index contributed by atoms with van der Waals surface area (Å²) in [7, 11) is 2.49. The van der Waals surface area contributed by atoms with Crippen LogP contribution in [-0.2, 0) is 35.2 Å². The number of hydrogen-bond acceptors (Lipinski definition) is 9. The second-order valence-corrected chi connectivity index (χ2v) is 8.04. The Hall–Kier alpha value is -3.83. The van der Waals surface area contributed by atoms with E-state index >= 15 is 0 Å². The van der Waals surface area contributed by atoms with Crippen molar-refractivity contribution in [3.05, 3.63) is 28.8 Å². The molecule has 200 valence electrons. The summed E-state index contributed by atoms with van der Waals surface area (Å²) in [6.07, 6.45) is 0.390. The second kappa shape index (κ2) is 16.0. The number of rotatable bonds is 13. The van der Waals surface area contributed by atoms with Crippen LogP contribution in [0.15, 0.2) is 12.1 Å². The van der Waals surface area contributed by atoms with Crippen molar-refractivity contribution >= 4 is 30.0 Å². The summed E-state index contributed by atoms with van der Waals surface area (Å²) >= 11 is 0. The molecule has 0 bridgehead atoms. The number of aryl methyl sites for hydroxylation is 2. The first kappa shape index (κ1) is 30.2. The van der Waals surface area contributed by atoms with Crippen molar-refractivity contribution in [2.45, 2.75) is 59.1 Å². The number of hydrogen-bond donors (Lipinski definition) is 3. The van der Waals surface area contributed by atoms with Crippen LogP contribution in [0.25, 0.3) is 0 Å². The number of nitrogens with one attached hydrogen (secondary N) is 3. The molecule has 0 spiro atoms. The lowest BCUT2D eigenvalue weighted by molar-refractivity contribution is -0.142. The van der Waals surface area contributed by atoms with E-state index in [9.17, 15) is 24.0 Å². The Morgan fingerprint density at radius 2 is 1.56 bits per heavy atom. The molecule has 0 fully saturated rings. The van der Waals surface area contributed by atoms with Crippen LogP contribution in [0.4, 0.5) is 9.59 Å². The van der Waals surface area contributed by atoms with Crippen molar-refractivity contribution < 1.29 is 42.9 Å². The Morgan fingerprint density at radius 3 is 2.14 bits per heavy atom. The van der Waals surface area contributed by atoms with Crippen molar-refractivity contribution in [3.63, 3.8) is 0 Å². The van der Waals surface area contributed by atoms with Crippen LogP contribution in [0.3, 0.4) is 0 Å². The molecule has 0 aromatic heterocycles. The molecule has 1 unspecified atom stereocenters. The molecule has 0 saturated carbocycles. The highest BCUT2D eigenvalue weighted by molar-refractivity contribution is 5.83. The Kier molecular flexibility index (Phi) is 13.4. The van der Waals surface area contributed by atoms with Gasteiger partial charge in [0.1, 0.15) is 18.9 Å². The van der Waals surface area contributed by atoms with Crippen LogP contribution in [0.5, 0.6) is 5.75 Å². The first-order valence-corrected chi connectivity index (χ1v) is 11.4. The third kappa shape index (κ3) is 12.0. The van der Waals surface area contributed by atoms with Crippen LogP contribution < -0.4 is 20.7 Å². The zero-order valence-corrected chi connectivity index (χ0v) is 21.4. The van der Waals surface area contributed by atoms with Crippen molar-refractivity contribution in [2.75, 3.05) is 27.3 Å². The number of unbranched alkanes of at least 4 members (excludes halogenated alkanes) is 1. The Balaban J connectivity index is 2.56. The van der Waals surface area contributed by atoms with Crippen LogP contribution in [0, 0.1) is 13.8 Å². The molecule has 1 atom stereocenters. The van der Waals surface area contributed by atoms with Gasteiger partial charge in [-0.3, -0.25) is 9.59 Å². The number of benzene rings is 1. The smallest absolute Gasteiger partial charge is 0.407 e. The van der Waals surface area contributed by atoms with Gasteiger partial charge in [0.2, 0.25) is 5.91 Å². The first-order chi connectivity index (χ1) is 17.0. The van der Waals surface area contributed by atoms with Gasteiger partial charge >= 0.3 is 24.1 Å². The predicted molar refractivity (Wildman–Crippen MR) is 128 cm³/mol. The van der Waals surface area contributed by atoms with Gasteiger partial charge in [-0.2, -0.15) is 0 Å². The number of alkyl carbamates (subject to hydrolysis) is 2. The molecule has 0 saturated heterocycles. The maximum Gasteiger partial charge on any atom is 0.407 e. The van der Waals surface area contributed by atoms with E-state index in [-0.39, 0.29) is 19.6 Å². The summed E-state index contributed by atoms with van der Waals surface area (Å²) in [5, 5.41) is 7.64. The molecule has 0 aliphatic rings. The highest BCUT2D eigenvalue weighted by Gasteiger charge is 2.18. The average Bonchev–Trinajstić information content (AvgIpc) is 2.82. The fourth-order valence-corrected chi connectivity index (χ4v) is 3.32. The van der Waals surface area contributed by atoms with Gasteiger partial charge in [0.25, 0.3) is 0 Å². The van der Waals surface area contributed by atoms with E-state index in [0.717, 1.165) is 5.56 Å². The van der Waals surface area contributed by atoms with Crippen LogP contribution >= 0.6 is 0 Å². The highest BCUT2D eigenvalue weighted by Crippen LogP contribution is 2.25. The lowest BCUT2D eigenvalue weighted by atomic mass is 10.1. The summed E-state index contributed by atoms with van der Waals surface area (Å²) in [6, 6.07) is 2.97. The van der Waals surface area contributed by atoms with Crippen molar-refractivity contribution in [1.29, 1.82) is 0 Å². The number of esters is 2. The molecule has 3 N–H and O–H groups in total. The molecular formula is C24H35N3O9. The number of amides is 3. The number of carbonyl (C=O) groups excluding carboxylic acids is 5. The molecule has 36 heavy (non-hydrogen) atoms. The lowest BCUT2D eigenvalue weighted by Gasteiger charge is -2.18. The van der Waals surface area contributed by atoms with E-state index < -0.39 is 36.1 Å². The van der Waals surface area contributed by atoms with Gasteiger partial charge in [0.15, 0.2) is 0 Å². The molecule has 3 amide bonds. The Labute approximate surface area is 210 Å². The third-order valence-corrected chi connectivity index (χ3v) is 4.98. The highest BCUT2D eigenvalue weighted by atomic mass is 16.5. The third-order valence-electron chi connectivity index (χ3n) is 4.98. The predicted octanol–water partition coefficient (Wildman–Crippen LogP) is 2.03. The van der Waals surface area contributed by atoms with E-state index in [0.29, 0.717) is 42.7 Å². The summed E-state index contributed by atoms with van der Waals surface area (Å²) in [6.45, 7) is 4.98. The number of carbonyl (C=O) groups is 5. The molecule has 1 aromatic rings. The van der Waals surface area contributed by atoms with Gasteiger partial charge in [-0.25, -0.2) is 14.4 Å². The van der Waals surface area contributed by atoms with Crippen molar-refractivity contribution in [1.82, 2.24) is 16.0 Å². The quantitative estimate of drug-likeness (QED) is 0.157. The summed E-state index contributed by atoms with van der Waals surface area (Å²) in [4.78, 5) is 58.4. The molecule has 0 heterocycles. The maximum atomic E-state index is 12.4. The van der Waals surface area contributed by atoms with Crippen molar-refractivity contribution in [3.8, 4) is 5.75 Å². The SMILES string of the molecule is COC(=O)NCCCCC(CC(=O)NCC(=O)Oc1c(C)cc(COC(C)=O)cc1C)NC(=O)OC. The van der Waals surface area contributed by atoms with E-state index in [1.807, 2.05) is 0 Å². The van der Waals surface area contributed by atoms with Crippen LogP contribution in [0.2, 0.25) is 0 Å². The molecule has 0 aliphatic heterocycles. The van der Waals surface area contributed by atoms with E-state index in [4.69, 9.17) is 9.47 Å². The Morgan fingerprint density at radius 1 is 0.917 bits per heavy atom.